The van der Waals surface area contributed by atoms with Gasteiger partial charge in [-0.15, -0.1) is 0 Å². The van der Waals surface area contributed by atoms with Gasteiger partial charge in [0.15, 0.2) is 0 Å². The van der Waals surface area contributed by atoms with Crippen molar-refractivity contribution in [3.8, 4) is 0 Å². The molecule has 0 saturated heterocycles. The summed E-state index contributed by atoms with van der Waals surface area (Å²) in [5, 5.41) is 0. The first kappa shape index (κ1) is 17.7. The second-order valence-corrected chi connectivity index (χ2v) is 12.0. The van der Waals surface area contributed by atoms with Crippen molar-refractivity contribution >= 4 is 47.8 Å². The van der Waals surface area contributed by atoms with Gasteiger partial charge in [-0.25, -0.2) is 0 Å². The number of benzene rings is 1. The zero-order valence-electron chi connectivity index (χ0n) is 11.5. The van der Waals surface area contributed by atoms with Gasteiger partial charge in [-0.2, -0.15) is 0 Å². The van der Waals surface area contributed by atoms with Crippen LogP contribution < -0.4 is 0 Å². The number of hydrogen-bond acceptors (Lipinski definition) is 0. The molecule has 1 atom stereocenters. The lowest BCUT2D eigenvalue weighted by atomic mass is 9.94. The van der Waals surface area contributed by atoms with Gasteiger partial charge in [-0.05, 0) is 12.0 Å². The summed E-state index contributed by atoms with van der Waals surface area (Å²) in [5.41, 5.74) is 1.38. The largest absolute Gasteiger partial charge is 0.141 e. The highest BCUT2D eigenvalue weighted by Crippen LogP contribution is 2.48. The van der Waals surface area contributed by atoms with Gasteiger partial charge < -0.3 is 0 Å². The molecule has 0 heterocycles. The number of unbranched alkanes of at least 4 members (excludes halogenated alkanes) is 5. The van der Waals surface area contributed by atoms with Gasteiger partial charge >= 0.3 is 0 Å². The second kappa shape index (κ2) is 9.57. The molecule has 0 fully saturated rings. The Morgan fingerprint density at radius 1 is 0.895 bits per heavy atom. The Kier molecular flexibility index (Phi) is 8.92. The lowest BCUT2D eigenvalue weighted by Gasteiger charge is -2.26. The Morgan fingerprint density at radius 3 is 2.05 bits per heavy atom. The molecule has 3 heteroatoms. The van der Waals surface area contributed by atoms with E-state index in [0.29, 0.717) is 5.92 Å². The summed E-state index contributed by atoms with van der Waals surface area (Å²) in [6.07, 6.45) is 9.27. The molecule has 0 aliphatic heterocycles. The van der Waals surface area contributed by atoms with E-state index in [1.807, 2.05) is 0 Å². The summed E-state index contributed by atoms with van der Waals surface area (Å²) in [6, 6.07) is 10.7. The zero-order valence-corrected chi connectivity index (χ0v) is 16.3. The van der Waals surface area contributed by atoms with Crippen LogP contribution in [0.2, 0.25) is 0 Å². The van der Waals surface area contributed by atoms with Crippen molar-refractivity contribution in [3.05, 3.63) is 35.9 Å². The highest BCUT2D eigenvalue weighted by molar-refractivity contribution is 9.39. The molecule has 0 aromatic heterocycles. The number of rotatable bonds is 8. The van der Waals surface area contributed by atoms with E-state index >= 15 is 0 Å². The first-order chi connectivity index (χ1) is 9.05. The van der Waals surface area contributed by atoms with Crippen LogP contribution in [0.15, 0.2) is 30.3 Å². The molecule has 19 heavy (non-hydrogen) atoms. The molecule has 108 valence electrons. The van der Waals surface area contributed by atoms with Crippen LogP contribution in [-0.2, 0) is 0 Å². The monoisotopic (exact) mass is 452 g/mol. The molecule has 0 aliphatic rings. The van der Waals surface area contributed by atoms with Crippen LogP contribution >= 0.6 is 47.8 Å². The van der Waals surface area contributed by atoms with E-state index in [2.05, 4.69) is 85.0 Å². The molecule has 0 aliphatic carbocycles. The van der Waals surface area contributed by atoms with E-state index in [0.717, 1.165) is 0 Å². The fourth-order valence-corrected chi connectivity index (χ4v) is 3.81. The Balaban J connectivity index is 2.44. The van der Waals surface area contributed by atoms with E-state index in [9.17, 15) is 0 Å². The van der Waals surface area contributed by atoms with Crippen molar-refractivity contribution in [2.45, 2.75) is 59.9 Å². The quantitative estimate of drug-likeness (QED) is 0.284. The van der Waals surface area contributed by atoms with Gasteiger partial charge in [0.2, 0.25) is 0 Å². The molecule has 0 bridgehead atoms. The number of halogens is 3. The average molecular weight is 455 g/mol. The van der Waals surface area contributed by atoms with E-state index in [1.165, 1.54) is 50.5 Å². The first-order valence-corrected chi connectivity index (χ1v) is 9.55. The Morgan fingerprint density at radius 2 is 1.47 bits per heavy atom. The van der Waals surface area contributed by atoms with Gasteiger partial charge in [0, 0.05) is 5.92 Å². The third-order valence-electron chi connectivity index (χ3n) is 3.44. The van der Waals surface area contributed by atoms with E-state index in [4.69, 9.17) is 0 Å². The fourth-order valence-electron chi connectivity index (χ4n) is 2.33. The summed E-state index contributed by atoms with van der Waals surface area (Å²) >= 11 is 11.1. The van der Waals surface area contributed by atoms with Gasteiger partial charge in [-0.1, -0.05) is 124 Å². The molecule has 1 unspecified atom stereocenters. The molecule has 0 N–H and O–H groups in total. The van der Waals surface area contributed by atoms with Crippen LogP contribution in [0.25, 0.3) is 0 Å². The standard InChI is InChI=1S/C16H23Br3/c1-2-3-4-5-6-10-13-15(16(17,18)19)14-11-8-7-9-12-14/h7-9,11-12,15H,2-6,10,13H2,1H3. The van der Waals surface area contributed by atoms with Crippen LogP contribution in [0.5, 0.6) is 0 Å². The SMILES string of the molecule is CCCCCCCCC(c1ccccc1)C(Br)(Br)Br. The minimum absolute atomic E-state index is 0.197. The summed E-state index contributed by atoms with van der Waals surface area (Å²) in [5.74, 6) is 0.444. The molecule has 0 radical (unpaired) electrons. The third kappa shape index (κ3) is 7.29. The fraction of sp³-hybridized carbons (Fsp3) is 0.625. The summed E-state index contributed by atoms with van der Waals surface area (Å²) in [7, 11) is 0. The number of alkyl halides is 3. The first-order valence-electron chi connectivity index (χ1n) is 7.17. The maximum absolute atomic E-state index is 3.71. The predicted molar refractivity (Wildman–Crippen MR) is 96.7 cm³/mol. The molecule has 1 aromatic rings. The molecule has 1 rings (SSSR count). The molecule has 0 nitrogen and oxygen atoms in total. The Labute approximate surface area is 143 Å². The van der Waals surface area contributed by atoms with Crippen LogP contribution in [0.1, 0.15) is 63.4 Å². The van der Waals surface area contributed by atoms with E-state index in [1.54, 1.807) is 0 Å². The third-order valence-corrected chi connectivity index (χ3v) is 5.10. The van der Waals surface area contributed by atoms with Crippen molar-refractivity contribution in [1.82, 2.24) is 0 Å². The average Bonchev–Trinajstić information content (AvgIpc) is 2.37. The summed E-state index contributed by atoms with van der Waals surface area (Å²) < 4.78 is -0.197. The normalized spacial score (nSPS) is 13.5. The molecule has 1 aromatic carbocycles. The molecule has 0 spiro atoms. The lowest BCUT2D eigenvalue weighted by Crippen LogP contribution is -2.15. The van der Waals surface area contributed by atoms with Gasteiger partial charge in [0.05, 0.1) is 0 Å². The van der Waals surface area contributed by atoms with Crippen molar-refractivity contribution in [1.29, 1.82) is 0 Å². The van der Waals surface area contributed by atoms with Crippen LogP contribution in [0, 0.1) is 0 Å². The maximum atomic E-state index is 3.71. The van der Waals surface area contributed by atoms with Crippen LogP contribution in [0.3, 0.4) is 0 Å². The smallest absolute Gasteiger partial charge is 0.0654 e. The zero-order chi connectivity index (χ0) is 14.1. The molecule has 0 amide bonds. The molecule has 0 saturated carbocycles. The second-order valence-electron chi connectivity index (χ2n) is 5.06. The summed E-state index contributed by atoms with van der Waals surface area (Å²) in [4.78, 5) is 0. The topological polar surface area (TPSA) is 0 Å². The van der Waals surface area contributed by atoms with Crippen LogP contribution in [0.4, 0.5) is 0 Å². The predicted octanol–water partition coefficient (Wildman–Crippen LogP) is 7.36. The van der Waals surface area contributed by atoms with Crippen LogP contribution in [-0.4, -0.2) is 2.14 Å². The maximum Gasteiger partial charge on any atom is 0.141 e. The molecular formula is C16H23Br3. The highest BCUT2D eigenvalue weighted by atomic mass is 80.0. The Hall–Kier alpha value is 0.660. The lowest BCUT2D eigenvalue weighted by molar-refractivity contribution is 0.552. The van der Waals surface area contributed by atoms with Gasteiger partial charge in [0.25, 0.3) is 0 Å². The van der Waals surface area contributed by atoms with Crippen molar-refractivity contribution in [3.63, 3.8) is 0 Å². The minimum atomic E-state index is -0.197. The van der Waals surface area contributed by atoms with E-state index < -0.39 is 0 Å². The highest BCUT2D eigenvalue weighted by Gasteiger charge is 2.31. The van der Waals surface area contributed by atoms with Crippen molar-refractivity contribution in [2.75, 3.05) is 0 Å². The summed E-state index contributed by atoms with van der Waals surface area (Å²) in [6.45, 7) is 2.26. The van der Waals surface area contributed by atoms with E-state index in [-0.39, 0.29) is 2.14 Å². The Bertz CT molecular complexity index is 330. The minimum Gasteiger partial charge on any atom is -0.0654 e. The number of hydrogen-bond donors (Lipinski definition) is 0. The van der Waals surface area contributed by atoms with Gasteiger partial charge in [0.1, 0.15) is 2.14 Å². The van der Waals surface area contributed by atoms with Crippen molar-refractivity contribution < 1.29 is 0 Å². The molecular weight excluding hydrogens is 432 g/mol. The van der Waals surface area contributed by atoms with Crippen molar-refractivity contribution in [2.24, 2.45) is 0 Å². The van der Waals surface area contributed by atoms with Gasteiger partial charge in [-0.3, -0.25) is 0 Å².